The third-order valence-corrected chi connectivity index (χ3v) is 3.78. The van der Waals surface area contributed by atoms with Crippen LogP contribution in [-0.2, 0) is 10.2 Å². The first-order valence-electron chi connectivity index (χ1n) is 6.42. The molecule has 0 amide bonds. The van der Waals surface area contributed by atoms with E-state index in [4.69, 9.17) is 0 Å². The fourth-order valence-corrected chi connectivity index (χ4v) is 2.38. The van der Waals surface area contributed by atoms with Crippen molar-refractivity contribution in [3.8, 4) is 0 Å². The van der Waals surface area contributed by atoms with Crippen molar-refractivity contribution < 1.29 is 14.7 Å². The van der Waals surface area contributed by atoms with Crippen LogP contribution >= 0.6 is 0 Å². The van der Waals surface area contributed by atoms with Crippen LogP contribution in [0.3, 0.4) is 0 Å². The summed E-state index contributed by atoms with van der Waals surface area (Å²) >= 11 is 0. The van der Waals surface area contributed by atoms with Gasteiger partial charge in [0.2, 0.25) is 0 Å². The second kappa shape index (κ2) is 4.56. The normalized spacial score (nSPS) is 15.6. The van der Waals surface area contributed by atoms with Crippen molar-refractivity contribution in [2.24, 2.45) is 0 Å². The lowest BCUT2D eigenvalue weighted by Crippen LogP contribution is -2.19. The van der Waals surface area contributed by atoms with Crippen molar-refractivity contribution in [1.29, 1.82) is 0 Å². The molecule has 0 saturated heterocycles. The highest BCUT2D eigenvalue weighted by atomic mass is 16.4. The quantitative estimate of drug-likeness (QED) is 0.864. The zero-order valence-corrected chi connectivity index (χ0v) is 10.7. The van der Waals surface area contributed by atoms with Crippen LogP contribution in [0.1, 0.15) is 34.3 Å². The lowest BCUT2D eigenvalue weighted by molar-refractivity contribution is -0.140. The Labute approximate surface area is 116 Å². The molecule has 0 spiro atoms. The smallest absolute Gasteiger partial charge is 0.314 e. The van der Waals surface area contributed by atoms with Gasteiger partial charge in [0.1, 0.15) is 0 Å². The number of carboxylic acids is 1. The molecule has 1 fully saturated rings. The predicted octanol–water partition coefficient (Wildman–Crippen LogP) is 2.43. The lowest BCUT2D eigenvalue weighted by Gasteiger charge is -2.11. The number of rotatable bonds is 4. The molecule has 2 aromatic rings. The van der Waals surface area contributed by atoms with Gasteiger partial charge in [0, 0.05) is 23.5 Å². The number of aromatic nitrogens is 1. The van der Waals surface area contributed by atoms with E-state index in [0.717, 1.165) is 0 Å². The second-order valence-corrected chi connectivity index (χ2v) is 5.03. The SMILES string of the molecule is O=C(c1ccncc1)c1cccc(C2(C(=O)O)CC2)c1. The summed E-state index contributed by atoms with van der Waals surface area (Å²) in [5.74, 6) is -0.929. The summed E-state index contributed by atoms with van der Waals surface area (Å²) in [6.45, 7) is 0. The number of hydrogen-bond acceptors (Lipinski definition) is 3. The van der Waals surface area contributed by atoms with Crippen molar-refractivity contribution in [2.45, 2.75) is 18.3 Å². The van der Waals surface area contributed by atoms with Crippen LogP contribution in [0.25, 0.3) is 0 Å². The Bertz CT molecular complexity index is 675. The highest BCUT2D eigenvalue weighted by molar-refractivity contribution is 6.09. The molecule has 1 aromatic heterocycles. The number of carbonyl (C=O) groups is 2. The Hall–Kier alpha value is -2.49. The maximum absolute atomic E-state index is 12.3. The van der Waals surface area contributed by atoms with Gasteiger partial charge in [-0.2, -0.15) is 0 Å². The van der Waals surface area contributed by atoms with Gasteiger partial charge in [-0.3, -0.25) is 14.6 Å². The van der Waals surface area contributed by atoms with Gasteiger partial charge in [-0.15, -0.1) is 0 Å². The van der Waals surface area contributed by atoms with Crippen molar-refractivity contribution in [1.82, 2.24) is 4.98 Å². The summed E-state index contributed by atoms with van der Waals surface area (Å²) in [4.78, 5) is 27.6. The van der Waals surface area contributed by atoms with Gasteiger partial charge in [-0.25, -0.2) is 0 Å². The van der Waals surface area contributed by atoms with E-state index in [9.17, 15) is 14.7 Å². The van der Waals surface area contributed by atoms with Crippen molar-refractivity contribution in [3.63, 3.8) is 0 Å². The molecule has 1 aliphatic rings. The van der Waals surface area contributed by atoms with Gasteiger partial charge in [0.05, 0.1) is 5.41 Å². The molecule has 1 heterocycles. The van der Waals surface area contributed by atoms with Gasteiger partial charge in [-0.05, 0) is 36.6 Å². The Morgan fingerprint density at radius 2 is 1.75 bits per heavy atom. The topological polar surface area (TPSA) is 67.3 Å². The molecule has 0 atom stereocenters. The Balaban J connectivity index is 1.97. The number of nitrogens with zero attached hydrogens (tertiary/aromatic N) is 1. The van der Waals surface area contributed by atoms with E-state index in [-0.39, 0.29) is 5.78 Å². The number of benzene rings is 1. The Morgan fingerprint density at radius 1 is 1.05 bits per heavy atom. The summed E-state index contributed by atoms with van der Waals surface area (Å²) in [6, 6.07) is 10.2. The zero-order chi connectivity index (χ0) is 14.2. The van der Waals surface area contributed by atoms with Gasteiger partial charge in [0.25, 0.3) is 0 Å². The molecule has 1 aromatic carbocycles. The number of hydrogen-bond donors (Lipinski definition) is 1. The zero-order valence-electron chi connectivity index (χ0n) is 10.7. The number of ketones is 1. The molecule has 100 valence electrons. The van der Waals surface area contributed by atoms with Gasteiger partial charge in [-0.1, -0.05) is 18.2 Å². The molecule has 1 N–H and O–H groups in total. The molecule has 0 bridgehead atoms. The summed E-state index contributed by atoms with van der Waals surface area (Å²) in [7, 11) is 0. The molecule has 0 radical (unpaired) electrons. The van der Waals surface area contributed by atoms with E-state index in [1.807, 2.05) is 0 Å². The summed E-state index contributed by atoms with van der Waals surface area (Å²) in [6.07, 6.45) is 4.40. The molecular formula is C16H13NO3. The average Bonchev–Trinajstić information content (AvgIpc) is 3.29. The highest BCUT2D eigenvalue weighted by Gasteiger charge is 2.51. The largest absolute Gasteiger partial charge is 0.481 e. The summed E-state index contributed by atoms with van der Waals surface area (Å²) in [5, 5.41) is 9.31. The standard InChI is InChI=1S/C16H13NO3/c18-14(11-4-8-17-9-5-11)12-2-1-3-13(10-12)16(6-7-16)15(19)20/h1-5,8-10H,6-7H2,(H,19,20). The first kappa shape index (κ1) is 12.5. The first-order chi connectivity index (χ1) is 9.63. The molecule has 0 unspecified atom stereocenters. The van der Waals surface area contributed by atoms with E-state index in [1.54, 1.807) is 48.8 Å². The fourth-order valence-electron chi connectivity index (χ4n) is 2.38. The van der Waals surface area contributed by atoms with Crippen LogP contribution in [0.2, 0.25) is 0 Å². The predicted molar refractivity (Wildman–Crippen MR) is 72.7 cm³/mol. The first-order valence-corrected chi connectivity index (χ1v) is 6.42. The van der Waals surface area contributed by atoms with Gasteiger partial charge in [0.15, 0.2) is 5.78 Å². The molecule has 4 heteroatoms. The van der Waals surface area contributed by atoms with Crippen molar-refractivity contribution in [3.05, 3.63) is 65.5 Å². The Kier molecular flexibility index (Phi) is 2.86. The highest BCUT2D eigenvalue weighted by Crippen LogP contribution is 2.48. The third kappa shape index (κ3) is 1.99. The van der Waals surface area contributed by atoms with Crippen LogP contribution < -0.4 is 0 Å². The molecule has 4 nitrogen and oxygen atoms in total. The fraction of sp³-hybridized carbons (Fsp3) is 0.188. The molecular weight excluding hydrogens is 254 g/mol. The summed E-state index contributed by atoms with van der Waals surface area (Å²) < 4.78 is 0. The molecule has 3 rings (SSSR count). The van der Waals surface area contributed by atoms with Crippen LogP contribution in [0.15, 0.2) is 48.8 Å². The number of aliphatic carboxylic acids is 1. The minimum Gasteiger partial charge on any atom is -0.481 e. The van der Waals surface area contributed by atoms with E-state index >= 15 is 0 Å². The Morgan fingerprint density at radius 3 is 2.35 bits per heavy atom. The maximum Gasteiger partial charge on any atom is 0.314 e. The van der Waals surface area contributed by atoms with Crippen molar-refractivity contribution >= 4 is 11.8 Å². The molecule has 0 aliphatic heterocycles. The average molecular weight is 267 g/mol. The lowest BCUT2D eigenvalue weighted by atomic mass is 9.92. The monoisotopic (exact) mass is 267 g/mol. The molecule has 1 aliphatic carbocycles. The second-order valence-electron chi connectivity index (χ2n) is 5.03. The van der Waals surface area contributed by atoms with Crippen LogP contribution in [-0.4, -0.2) is 21.8 Å². The van der Waals surface area contributed by atoms with Crippen LogP contribution in [0.5, 0.6) is 0 Å². The van der Waals surface area contributed by atoms with E-state index in [1.165, 1.54) is 0 Å². The number of pyridine rings is 1. The van der Waals surface area contributed by atoms with Gasteiger partial charge >= 0.3 is 5.97 Å². The third-order valence-electron chi connectivity index (χ3n) is 3.78. The number of carbonyl (C=O) groups excluding carboxylic acids is 1. The van der Waals surface area contributed by atoms with E-state index < -0.39 is 11.4 Å². The molecule has 1 saturated carbocycles. The van der Waals surface area contributed by atoms with Gasteiger partial charge < -0.3 is 5.11 Å². The maximum atomic E-state index is 12.3. The minimum atomic E-state index is -0.814. The minimum absolute atomic E-state index is 0.115. The van der Waals surface area contributed by atoms with Crippen molar-refractivity contribution in [2.75, 3.05) is 0 Å². The van der Waals surface area contributed by atoms with Crippen LogP contribution in [0, 0.1) is 0 Å². The van der Waals surface area contributed by atoms with E-state index in [2.05, 4.69) is 4.98 Å². The van der Waals surface area contributed by atoms with Crippen LogP contribution in [0.4, 0.5) is 0 Å². The number of carboxylic acid groups (broad SMARTS) is 1. The van der Waals surface area contributed by atoms with E-state index in [0.29, 0.717) is 29.5 Å². The molecule has 20 heavy (non-hydrogen) atoms. The summed E-state index contributed by atoms with van der Waals surface area (Å²) in [5.41, 5.74) is 0.998.